The Morgan fingerprint density at radius 3 is 2.65 bits per heavy atom. The fraction of sp³-hybridized carbons (Fsp3) is 0.0769. The third-order valence-electron chi connectivity index (χ3n) is 2.52. The van der Waals surface area contributed by atoms with E-state index in [4.69, 9.17) is 5.73 Å². The lowest BCUT2D eigenvalue weighted by molar-refractivity contribution is -0.116. The lowest BCUT2D eigenvalue weighted by Gasteiger charge is -1.99. The summed E-state index contributed by atoms with van der Waals surface area (Å²) in [4.78, 5) is 26.3. The van der Waals surface area contributed by atoms with Crippen LogP contribution in [0.25, 0.3) is 6.08 Å². The van der Waals surface area contributed by atoms with Crippen LogP contribution in [0.5, 0.6) is 0 Å². The maximum Gasteiger partial charge on any atom is 0.248 e. The number of nitrogens with two attached hydrogens (primary N) is 1. The summed E-state index contributed by atoms with van der Waals surface area (Å²) in [6.45, 7) is 0.282. The van der Waals surface area contributed by atoms with Crippen LogP contribution in [0.3, 0.4) is 0 Å². The molecule has 1 heterocycles. The van der Waals surface area contributed by atoms with Gasteiger partial charge in [-0.25, -0.2) is 4.98 Å². The zero-order chi connectivity index (χ0) is 14.4. The first-order valence-corrected chi connectivity index (χ1v) is 5.85. The fourth-order valence-corrected chi connectivity index (χ4v) is 1.48. The number of aromatic amines is 1. The summed E-state index contributed by atoms with van der Waals surface area (Å²) in [5.74, 6) is -0.150. The van der Waals surface area contributed by atoms with Gasteiger partial charge in [0.15, 0.2) is 0 Å². The van der Waals surface area contributed by atoms with Gasteiger partial charge in [0.05, 0.1) is 6.54 Å². The van der Waals surface area contributed by atoms with Crippen LogP contribution in [0.4, 0.5) is 0 Å². The number of carbonyl (C=O) groups excluding carboxylic acids is 2. The van der Waals surface area contributed by atoms with E-state index < -0.39 is 5.91 Å². The SMILES string of the molecule is NC(=O)c1ccc(/C=C/C(=O)NCc2ncn[nH]2)cc1. The Kier molecular flexibility index (Phi) is 4.23. The van der Waals surface area contributed by atoms with Crippen LogP contribution in [-0.4, -0.2) is 27.0 Å². The third-order valence-corrected chi connectivity index (χ3v) is 2.52. The smallest absolute Gasteiger partial charge is 0.248 e. The zero-order valence-corrected chi connectivity index (χ0v) is 10.5. The van der Waals surface area contributed by atoms with E-state index in [9.17, 15) is 9.59 Å². The number of benzene rings is 1. The van der Waals surface area contributed by atoms with Gasteiger partial charge in [-0.05, 0) is 23.8 Å². The molecule has 7 heteroatoms. The normalized spacial score (nSPS) is 10.6. The molecule has 2 rings (SSSR count). The largest absolute Gasteiger partial charge is 0.366 e. The first-order chi connectivity index (χ1) is 9.65. The second-order valence-electron chi connectivity index (χ2n) is 3.97. The molecule has 4 N–H and O–H groups in total. The van der Waals surface area contributed by atoms with Crippen molar-refractivity contribution in [1.29, 1.82) is 0 Å². The first-order valence-electron chi connectivity index (χ1n) is 5.85. The lowest BCUT2D eigenvalue weighted by atomic mass is 10.1. The molecule has 0 spiro atoms. The number of nitrogens with zero attached hydrogens (tertiary/aromatic N) is 2. The van der Waals surface area contributed by atoms with E-state index in [-0.39, 0.29) is 12.5 Å². The van der Waals surface area contributed by atoms with E-state index in [1.807, 2.05) is 0 Å². The van der Waals surface area contributed by atoms with Gasteiger partial charge in [-0.2, -0.15) is 5.10 Å². The molecule has 1 aromatic carbocycles. The summed E-state index contributed by atoms with van der Waals surface area (Å²) in [5, 5.41) is 8.96. The van der Waals surface area contributed by atoms with Crippen LogP contribution in [0.1, 0.15) is 21.7 Å². The molecule has 0 unspecified atom stereocenters. The molecule has 0 aliphatic rings. The van der Waals surface area contributed by atoms with E-state index in [0.29, 0.717) is 11.4 Å². The van der Waals surface area contributed by atoms with Crippen molar-refractivity contribution in [3.63, 3.8) is 0 Å². The summed E-state index contributed by atoms with van der Waals surface area (Å²) >= 11 is 0. The molecule has 0 fully saturated rings. The van der Waals surface area contributed by atoms with Crippen molar-refractivity contribution in [2.75, 3.05) is 0 Å². The molecule has 20 heavy (non-hydrogen) atoms. The third kappa shape index (κ3) is 3.77. The number of rotatable bonds is 5. The minimum absolute atomic E-state index is 0.250. The number of nitrogens with one attached hydrogen (secondary N) is 2. The molecular formula is C13H13N5O2. The number of carbonyl (C=O) groups is 2. The van der Waals surface area contributed by atoms with Crippen molar-refractivity contribution in [2.45, 2.75) is 6.54 Å². The predicted molar refractivity (Wildman–Crippen MR) is 72.2 cm³/mol. The first kappa shape index (κ1) is 13.5. The highest BCUT2D eigenvalue weighted by Gasteiger charge is 2.00. The van der Waals surface area contributed by atoms with Crippen LogP contribution < -0.4 is 11.1 Å². The van der Waals surface area contributed by atoms with Gasteiger partial charge < -0.3 is 11.1 Å². The summed E-state index contributed by atoms with van der Waals surface area (Å²) < 4.78 is 0. The second-order valence-corrected chi connectivity index (χ2v) is 3.97. The topological polar surface area (TPSA) is 114 Å². The molecule has 0 aliphatic heterocycles. The van der Waals surface area contributed by atoms with Crippen LogP contribution in [0.15, 0.2) is 36.7 Å². The number of hydrogen-bond acceptors (Lipinski definition) is 4. The maximum absolute atomic E-state index is 11.6. The lowest BCUT2D eigenvalue weighted by Crippen LogP contribution is -2.20. The highest BCUT2D eigenvalue weighted by atomic mass is 16.1. The van der Waals surface area contributed by atoms with Crippen molar-refractivity contribution in [3.8, 4) is 0 Å². The number of primary amides is 1. The van der Waals surface area contributed by atoms with Crippen LogP contribution in [0.2, 0.25) is 0 Å². The van der Waals surface area contributed by atoms with Gasteiger partial charge in [0, 0.05) is 11.6 Å². The number of H-pyrrole nitrogens is 1. The van der Waals surface area contributed by atoms with Crippen molar-refractivity contribution in [1.82, 2.24) is 20.5 Å². The predicted octanol–water partition coefficient (Wildman–Crippen LogP) is 0.233. The summed E-state index contributed by atoms with van der Waals surface area (Å²) in [6.07, 6.45) is 4.41. The summed E-state index contributed by atoms with van der Waals surface area (Å²) in [6, 6.07) is 6.63. The quantitative estimate of drug-likeness (QED) is 0.675. The number of hydrogen-bond donors (Lipinski definition) is 3. The maximum atomic E-state index is 11.6. The Morgan fingerprint density at radius 2 is 2.05 bits per heavy atom. The molecule has 0 aliphatic carbocycles. The Balaban J connectivity index is 1.88. The highest BCUT2D eigenvalue weighted by molar-refractivity contribution is 5.93. The van der Waals surface area contributed by atoms with Gasteiger partial charge in [0.1, 0.15) is 12.2 Å². The summed E-state index contributed by atoms with van der Waals surface area (Å²) in [7, 11) is 0. The van der Waals surface area contributed by atoms with Gasteiger partial charge in [-0.1, -0.05) is 12.1 Å². The molecule has 1 aromatic heterocycles. The van der Waals surface area contributed by atoms with E-state index in [1.54, 1.807) is 30.3 Å². The zero-order valence-electron chi connectivity index (χ0n) is 10.5. The minimum Gasteiger partial charge on any atom is -0.366 e. The van der Waals surface area contributed by atoms with Gasteiger partial charge in [0.2, 0.25) is 11.8 Å². The van der Waals surface area contributed by atoms with Crippen molar-refractivity contribution in [2.24, 2.45) is 5.73 Å². The van der Waals surface area contributed by atoms with Crippen LogP contribution in [0, 0.1) is 0 Å². The van der Waals surface area contributed by atoms with Gasteiger partial charge >= 0.3 is 0 Å². The van der Waals surface area contributed by atoms with Gasteiger partial charge in [-0.15, -0.1) is 0 Å². The monoisotopic (exact) mass is 271 g/mol. The van der Waals surface area contributed by atoms with Gasteiger partial charge in [0.25, 0.3) is 0 Å². The minimum atomic E-state index is -0.481. The average molecular weight is 271 g/mol. The van der Waals surface area contributed by atoms with E-state index in [0.717, 1.165) is 5.56 Å². The standard InChI is InChI=1S/C13H13N5O2/c14-13(20)10-4-1-9(2-5-10)3-6-12(19)15-7-11-16-8-17-18-11/h1-6,8H,7H2,(H2,14,20)(H,15,19)(H,16,17,18)/b6-3+. The van der Waals surface area contributed by atoms with Crippen molar-refractivity contribution in [3.05, 3.63) is 53.6 Å². The fourth-order valence-electron chi connectivity index (χ4n) is 1.48. The molecule has 7 nitrogen and oxygen atoms in total. The molecular weight excluding hydrogens is 258 g/mol. The molecule has 102 valence electrons. The Labute approximate surface area is 114 Å². The molecule has 0 atom stereocenters. The van der Waals surface area contributed by atoms with Crippen molar-refractivity contribution >= 4 is 17.9 Å². The average Bonchev–Trinajstić information content (AvgIpc) is 2.96. The molecule has 0 saturated carbocycles. The highest BCUT2D eigenvalue weighted by Crippen LogP contribution is 2.05. The second kappa shape index (κ2) is 6.28. The Morgan fingerprint density at radius 1 is 1.30 bits per heavy atom. The number of aromatic nitrogens is 3. The van der Waals surface area contributed by atoms with Crippen LogP contribution in [-0.2, 0) is 11.3 Å². The van der Waals surface area contributed by atoms with Crippen molar-refractivity contribution < 1.29 is 9.59 Å². The molecule has 0 saturated heterocycles. The number of amides is 2. The van der Waals surface area contributed by atoms with Gasteiger partial charge in [-0.3, -0.25) is 14.7 Å². The van der Waals surface area contributed by atoms with E-state index >= 15 is 0 Å². The van der Waals surface area contributed by atoms with E-state index in [1.165, 1.54) is 12.4 Å². The van der Waals surface area contributed by atoms with Crippen LogP contribution >= 0.6 is 0 Å². The van der Waals surface area contributed by atoms with E-state index in [2.05, 4.69) is 20.5 Å². The Hall–Kier alpha value is -2.96. The molecule has 2 amide bonds. The Bertz CT molecular complexity index is 617. The summed E-state index contributed by atoms with van der Waals surface area (Å²) in [5.41, 5.74) is 6.36. The molecule has 2 aromatic rings. The molecule has 0 radical (unpaired) electrons. The molecule has 0 bridgehead atoms.